The third-order valence-corrected chi connectivity index (χ3v) is 3.11. The SMILES string of the molecule is O=C(NC(O)CC(O)CO)c1cncc(C(=O)NC(O)CC(O)CO)n1. The maximum absolute atomic E-state index is 11.9. The van der Waals surface area contributed by atoms with Gasteiger partial charge in [0.2, 0.25) is 0 Å². The summed E-state index contributed by atoms with van der Waals surface area (Å²) in [5.41, 5.74) is -0.611. The van der Waals surface area contributed by atoms with Gasteiger partial charge in [0.15, 0.2) is 0 Å². The predicted octanol–water partition coefficient (Wildman–Crippen LogP) is -3.94. The highest BCUT2D eigenvalue weighted by atomic mass is 16.3. The smallest absolute Gasteiger partial charge is 0.273 e. The Morgan fingerprint density at radius 2 is 1.23 bits per heavy atom. The van der Waals surface area contributed by atoms with Crippen molar-refractivity contribution in [2.24, 2.45) is 0 Å². The molecule has 0 spiro atoms. The number of carbonyl (C=O) groups excluding carboxylic acids is 2. The van der Waals surface area contributed by atoms with Crippen LogP contribution in [0.1, 0.15) is 33.8 Å². The van der Waals surface area contributed by atoms with Gasteiger partial charge in [-0.05, 0) is 0 Å². The minimum Gasteiger partial charge on any atom is -0.394 e. The molecule has 0 aromatic carbocycles. The minimum absolute atomic E-state index is 0.305. The number of aromatic nitrogens is 2. The fourth-order valence-electron chi connectivity index (χ4n) is 1.82. The van der Waals surface area contributed by atoms with Gasteiger partial charge in [-0.25, -0.2) is 4.98 Å². The molecule has 12 nitrogen and oxygen atoms in total. The van der Waals surface area contributed by atoms with E-state index in [1.54, 1.807) is 0 Å². The summed E-state index contributed by atoms with van der Waals surface area (Å²) in [6, 6.07) is 0. The largest absolute Gasteiger partial charge is 0.394 e. The summed E-state index contributed by atoms with van der Waals surface area (Å²) in [5, 5.41) is 59.1. The van der Waals surface area contributed by atoms with E-state index in [0.717, 1.165) is 12.4 Å². The van der Waals surface area contributed by atoms with Crippen molar-refractivity contribution in [2.45, 2.75) is 37.5 Å². The van der Waals surface area contributed by atoms with Gasteiger partial charge in [-0.15, -0.1) is 0 Å². The number of amides is 2. The monoisotopic (exact) mass is 374 g/mol. The number of aliphatic hydroxyl groups is 6. The van der Waals surface area contributed by atoms with E-state index >= 15 is 0 Å². The number of nitrogens with one attached hydrogen (secondary N) is 2. The molecule has 1 rings (SSSR count). The van der Waals surface area contributed by atoms with Crippen molar-refractivity contribution < 1.29 is 40.2 Å². The average Bonchev–Trinajstić information content (AvgIpc) is 2.61. The molecule has 0 bridgehead atoms. The Labute approximate surface area is 148 Å². The fraction of sp³-hybridized carbons (Fsp3) is 0.571. The number of rotatable bonds is 10. The molecule has 0 fully saturated rings. The summed E-state index contributed by atoms with van der Waals surface area (Å²) in [7, 11) is 0. The van der Waals surface area contributed by atoms with Crippen LogP contribution in [0.2, 0.25) is 0 Å². The first-order valence-electron chi connectivity index (χ1n) is 7.64. The van der Waals surface area contributed by atoms with Crippen molar-refractivity contribution in [3.63, 3.8) is 0 Å². The highest BCUT2D eigenvalue weighted by Gasteiger charge is 2.19. The van der Waals surface area contributed by atoms with E-state index in [1.807, 2.05) is 0 Å². The Morgan fingerprint density at radius 3 is 1.58 bits per heavy atom. The molecule has 2 amide bonds. The highest BCUT2D eigenvalue weighted by molar-refractivity contribution is 5.95. The lowest BCUT2D eigenvalue weighted by Crippen LogP contribution is -2.39. The summed E-state index contributed by atoms with van der Waals surface area (Å²) < 4.78 is 0. The zero-order valence-electron chi connectivity index (χ0n) is 13.7. The van der Waals surface area contributed by atoms with Crippen LogP contribution in [0.3, 0.4) is 0 Å². The molecule has 4 unspecified atom stereocenters. The van der Waals surface area contributed by atoms with Crippen LogP contribution in [0, 0.1) is 0 Å². The van der Waals surface area contributed by atoms with E-state index in [0.29, 0.717) is 0 Å². The van der Waals surface area contributed by atoms with Crippen LogP contribution >= 0.6 is 0 Å². The lowest BCUT2D eigenvalue weighted by atomic mass is 10.2. The van der Waals surface area contributed by atoms with Gasteiger partial charge in [-0.2, -0.15) is 0 Å². The maximum atomic E-state index is 11.9. The zero-order chi connectivity index (χ0) is 19.7. The van der Waals surface area contributed by atoms with E-state index in [1.165, 1.54) is 0 Å². The van der Waals surface area contributed by atoms with Crippen LogP contribution in [0.5, 0.6) is 0 Å². The normalized spacial score (nSPS) is 15.6. The van der Waals surface area contributed by atoms with Crippen LogP contribution in [-0.2, 0) is 0 Å². The molecule has 4 atom stereocenters. The van der Waals surface area contributed by atoms with Gasteiger partial charge in [0.25, 0.3) is 11.8 Å². The van der Waals surface area contributed by atoms with E-state index in [2.05, 4.69) is 20.6 Å². The predicted molar refractivity (Wildman–Crippen MR) is 84.4 cm³/mol. The molecule has 1 aromatic rings. The molecule has 0 aliphatic rings. The number of nitrogens with zero attached hydrogens (tertiary/aromatic N) is 2. The molecule has 8 N–H and O–H groups in total. The fourth-order valence-corrected chi connectivity index (χ4v) is 1.82. The van der Waals surface area contributed by atoms with Gasteiger partial charge in [-0.1, -0.05) is 0 Å². The van der Waals surface area contributed by atoms with Crippen molar-refractivity contribution in [3.05, 3.63) is 23.8 Å². The van der Waals surface area contributed by atoms with Gasteiger partial charge in [0, 0.05) is 12.8 Å². The van der Waals surface area contributed by atoms with Crippen LogP contribution in [0.4, 0.5) is 0 Å². The Morgan fingerprint density at radius 1 is 0.846 bits per heavy atom. The molecular weight excluding hydrogens is 352 g/mol. The molecule has 0 aliphatic heterocycles. The third-order valence-electron chi connectivity index (χ3n) is 3.11. The molecule has 26 heavy (non-hydrogen) atoms. The molecule has 1 heterocycles. The summed E-state index contributed by atoms with van der Waals surface area (Å²) in [4.78, 5) is 31.3. The highest BCUT2D eigenvalue weighted by Crippen LogP contribution is 2.02. The van der Waals surface area contributed by atoms with Crippen molar-refractivity contribution in [1.29, 1.82) is 0 Å². The van der Waals surface area contributed by atoms with E-state index in [4.69, 9.17) is 10.2 Å². The van der Waals surface area contributed by atoms with E-state index < -0.39 is 49.7 Å². The van der Waals surface area contributed by atoms with Crippen molar-refractivity contribution >= 4 is 11.8 Å². The molecule has 0 aliphatic carbocycles. The maximum Gasteiger partial charge on any atom is 0.273 e. The van der Waals surface area contributed by atoms with Gasteiger partial charge in [0.1, 0.15) is 23.8 Å². The molecule has 0 radical (unpaired) electrons. The van der Waals surface area contributed by atoms with Gasteiger partial charge >= 0.3 is 0 Å². The average molecular weight is 374 g/mol. The summed E-state index contributed by atoms with van der Waals surface area (Å²) in [5.74, 6) is -1.75. The second kappa shape index (κ2) is 10.7. The van der Waals surface area contributed by atoms with Crippen LogP contribution in [0.25, 0.3) is 0 Å². The molecule has 146 valence electrons. The van der Waals surface area contributed by atoms with Gasteiger partial charge in [-0.3, -0.25) is 14.6 Å². The Hall–Kier alpha value is -2.22. The molecular formula is C14H22N4O8. The van der Waals surface area contributed by atoms with Crippen molar-refractivity contribution in [1.82, 2.24) is 20.6 Å². The number of hydrogen-bond donors (Lipinski definition) is 8. The minimum atomic E-state index is -1.45. The second-order valence-corrected chi connectivity index (χ2v) is 5.41. The summed E-state index contributed by atoms with van der Waals surface area (Å²) in [6.07, 6.45) is -3.89. The van der Waals surface area contributed by atoms with Crippen LogP contribution in [-0.4, -0.2) is 90.3 Å². The molecule has 1 aromatic heterocycles. The van der Waals surface area contributed by atoms with Gasteiger partial charge < -0.3 is 41.3 Å². The van der Waals surface area contributed by atoms with E-state index in [9.17, 15) is 30.0 Å². The van der Waals surface area contributed by atoms with Gasteiger partial charge in [0.05, 0.1) is 37.8 Å². The van der Waals surface area contributed by atoms with Crippen molar-refractivity contribution in [2.75, 3.05) is 13.2 Å². The molecule has 12 heteroatoms. The first-order chi connectivity index (χ1) is 12.3. The first-order valence-corrected chi connectivity index (χ1v) is 7.64. The number of hydrogen-bond acceptors (Lipinski definition) is 10. The van der Waals surface area contributed by atoms with Crippen LogP contribution < -0.4 is 10.6 Å². The standard InChI is InChI=1S/C14H22N4O8/c19-5-7(21)1-11(23)17-13(25)9-3-15-4-10(16-9)14(26)18-12(24)2-8(22)6-20/h3-4,7-8,11-12,19-24H,1-2,5-6H2,(H,17,25)(H,18,26). The van der Waals surface area contributed by atoms with Crippen LogP contribution in [0.15, 0.2) is 12.4 Å². The van der Waals surface area contributed by atoms with E-state index in [-0.39, 0.29) is 24.2 Å². The zero-order valence-corrected chi connectivity index (χ0v) is 13.7. The third kappa shape index (κ3) is 7.35. The number of carbonyl (C=O) groups is 2. The second-order valence-electron chi connectivity index (χ2n) is 5.41. The lowest BCUT2D eigenvalue weighted by Gasteiger charge is -2.16. The molecule has 0 saturated heterocycles. The summed E-state index contributed by atoms with van der Waals surface area (Å²) in [6.45, 7) is -1.18. The lowest BCUT2D eigenvalue weighted by molar-refractivity contribution is 0.0275. The first kappa shape index (κ1) is 21.8. The Kier molecular flexibility index (Phi) is 8.98. The molecule has 0 saturated carbocycles. The Balaban J connectivity index is 2.68. The topological polar surface area (TPSA) is 205 Å². The Bertz CT molecular complexity index is 555. The quantitative estimate of drug-likeness (QED) is 0.187. The number of aliphatic hydroxyl groups excluding tert-OH is 6. The summed E-state index contributed by atoms with van der Waals surface area (Å²) >= 11 is 0. The van der Waals surface area contributed by atoms with Crippen molar-refractivity contribution in [3.8, 4) is 0 Å².